The number of aromatic nitrogens is 3. The molecule has 1 aromatic carbocycles. The Morgan fingerprint density at radius 3 is 2.80 bits per heavy atom. The minimum absolute atomic E-state index is 0.214. The number of urea groups is 1. The molecule has 1 aliphatic heterocycles. The maximum absolute atomic E-state index is 12.2. The lowest BCUT2D eigenvalue weighted by atomic mass is 10.0. The van der Waals surface area contributed by atoms with E-state index in [-0.39, 0.29) is 19.2 Å². The zero-order chi connectivity index (χ0) is 17.8. The predicted molar refractivity (Wildman–Crippen MR) is 90.2 cm³/mol. The van der Waals surface area contributed by atoms with Crippen molar-refractivity contribution >= 4 is 12.0 Å². The Bertz CT molecular complexity index is 813. The number of carbonyl (C=O) groups excluding carboxylic acids is 2. The zero-order valence-electron chi connectivity index (χ0n) is 14.0. The number of nitrogens with zero attached hydrogens (tertiary/aromatic N) is 3. The van der Waals surface area contributed by atoms with Gasteiger partial charge in [-0.1, -0.05) is 35.5 Å². The summed E-state index contributed by atoms with van der Waals surface area (Å²) in [6.07, 6.45) is 1.77. The normalized spacial score (nSPS) is 17.0. The number of carbonyl (C=O) groups is 2. The van der Waals surface area contributed by atoms with Crippen molar-refractivity contribution in [1.29, 1.82) is 0 Å². The molecule has 8 heteroatoms. The highest BCUT2D eigenvalue weighted by Crippen LogP contribution is 2.18. The van der Waals surface area contributed by atoms with Gasteiger partial charge in [-0.05, 0) is 13.8 Å². The molecule has 0 bridgehead atoms. The van der Waals surface area contributed by atoms with E-state index >= 15 is 0 Å². The van der Waals surface area contributed by atoms with Crippen molar-refractivity contribution in [3.8, 4) is 11.3 Å². The number of allylic oxidation sites excluding steroid dienone is 1. The summed E-state index contributed by atoms with van der Waals surface area (Å²) in [6, 6.07) is 8.84. The van der Waals surface area contributed by atoms with Crippen LogP contribution in [-0.2, 0) is 16.1 Å². The first kappa shape index (κ1) is 16.7. The summed E-state index contributed by atoms with van der Waals surface area (Å²) < 4.78 is 6.67. The Morgan fingerprint density at radius 1 is 1.32 bits per heavy atom. The second-order valence-electron chi connectivity index (χ2n) is 5.60. The number of hydrogen-bond donors (Lipinski definition) is 2. The van der Waals surface area contributed by atoms with Crippen LogP contribution in [0.25, 0.3) is 11.3 Å². The van der Waals surface area contributed by atoms with Crippen molar-refractivity contribution in [3.05, 3.63) is 47.8 Å². The van der Waals surface area contributed by atoms with Gasteiger partial charge in [-0.3, -0.25) is 0 Å². The van der Waals surface area contributed by atoms with Crippen molar-refractivity contribution in [3.63, 3.8) is 0 Å². The van der Waals surface area contributed by atoms with Crippen molar-refractivity contribution < 1.29 is 14.3 Å². The Kier molecular flexibility index (Phi) is 4.78. The van der Waals surface area contributed by atoms with Gasteiger partial charge in [0.1, 0.15) is 5.69 Å². The molecular formula is C17H19N5O3. The lowest BCUT2D eigenvalue weighted by Crippen LogP contribution is -2.49. The minimum atomic E-state index is -0.458. The van der Waals surface area contributed by atoms with Crippen LogP contribution in [0.4, 0.5) is 4.79 Å². The number of nitrogens with one attached hydrogen (secondary N) is 2. The van der Waals surface area contributed by atoms with E-state index in [9.17, 15) is 9.59 Å². The van der Waals surface area contributed by atoms with Gasteiger partial charge < -0.3 is 15.4 Å². The monoisotopic (exact) mass is 341 g/mol. The van der Waals surface area contributed by atoms with E-state index in [0.29, 0.717) is 17.0 Å². The average Bonchev–Trinajstić information content (AvgIpc) is 3.04. The van der Waals surface area contributed by atoms with Crippen LogP contribution in [0.3, 0.4) is 0 Å². The number of amides is 2. The average molecular weight is 341 g/mol. The Morgan fingerprint density at radius 2 is 2.08 bits per heavy atom. The van der Waals surface area contributed by atoms with Gasteiger partial charge in [0.05, 0.1) is 36.7 Å². The fraction of sp³-hybridized carbons (Fsp3) is 0.294. The number of ether oxygens (including phenoxy) is 1. The fourth-order valence-corrected chi connectivity index (χ4v) is 2.68. The molecule has 25 heavy (non-hydrogen) atoms. The summed E-state index contributed by atoms with van der Waals surface area (Å²) in [5.74, 6) is -0.458. The van der Waals surface area contributed by atoms with E-state index in [1.807, 2.05) is 30.3 Å². The van der Waals surface area contributed by atoms with Gasteiger partial charge in [0.25, 0.3) is 0 Å². The maximum atomic E-state index is 12.2. The molecule has 0 saturated heterocycles. The SMILES string of the molecule is CCOC(=O)C1=C(Cn2cc(-c3ccccc3)nn2)NC(=O)NC1C. The lowest BCUT2D eigenvalue weighted by Gasteiger charge is -2.26. The number of rotatable bonds is 5. The molecule has 2 N–H and O–H groups in total. The third-order valence-corrected chi connectivity index (χ3v) is 3.79. The van der Waals surface area contributed by atoms with Gasteiger partial charge >= 0.3 is 12.0 Å². The first-order chi connectivity index (χ1) is 12.1. The van der Waals surface area contributed by atoms with E-state index in [1.165, 1.54) is 0 Å². The smallest absolute Gasteiger partial charge is 0.337 e. The van der Waals surface area contributed by atoms with E-state index in [2.05, 4.69) is 20.9 Å². The van der Waals surface area contributed by atoms with Crippen LogP contribution in [-0.4, -0.2) is 39.6 Å². The van der Waals surface area contributed by atoms with E-state index in [4.69, 9.17) is 4.74 Å². The quantitative estimate of drug-likeness (QED) is 0.803. The highest BCUT2D eigenvalue weighted by atomic mass is 16.5. The molecule has 8 nitrogen and oxygen atoms in total. The number of hydrogen-bond acceptors (Lipinski definition) is 5. The zero-order valence-corrected chi connectivity index (χ0v) is 14.0. The number of benzene rings is 1. The largest absolute Gasteiger partial charge is 0.463 e. The third-order valence-electron chi connectivity index (χ3n) is 3.79. The van der Waals surface area contributed by atoms with Gasteiger partial charge in [-0.25, -0.2) is 14.3 Å². The molecule has 1 aliphatic rings. The second kappa shape index (κ2) is 7.16. The summed E-state index contributed by atoms with van der Waals surface area (Å²) in [5.41, 5.74) is 2.50. The van der Waals surface area contributed by atoms with Crippen molar-refractivity contribution in [1.82, 2.24) is 25.6 Å². The van der Waals surface area contributed by atoms with Gasteiger partial charge in [0.15, 0.2) is 0 Å². The molecule has 2 aromatic rings. The third kappa shape index (κ3) is 3.68. The molecule has 2 amide bonds. The highest BCUT2D eigenvalue weighted by molar-refractivity contribution is 5.94. The molecule has 1 atom stereocenters. The fourth-order valence-electron chi connectivity index (χ4n) is 2.68. The Balaban J connectivity index is 1.88. The summed E-state index contributed by atoms with van der Waals surface area (Å²) in [6.45, 7) is 3.95. The van der Waals surface area contributed by atoms with Crippen LogP contribution >= 0.6 is 0 Å². The van der Waals surface area contributed by atoms with Gasteiger partial charge in [0.2, 0.25) is 0 Å². The van der Waals surface area contributed by atoms with E-state index in [0.717, 1.165) is 5.56 Å². The van der Waals surface area contributed by atoms with Crippen molar-refractivity contribution in [2.24, 2.45) is 0 Å². The second-order valence-corrected chi connectivity index (χ2v) is 5.60. The van der Waals surface area contributed by atoms with Crippen molar-refractivity contribution in [2.75, 3.05) is 6.61 Å². The van der Waals surface area contributed by atoms with Crippen LogP contribution in [0.2, 0.25) is 0 Å². The molecule has 1 unspecified atom stereocenters. The minimum Gasteiger partial charge on any atom is -0.463 e. The van der Waals surface area contributed by atoms with Gasteiger partial charge in [-0.15, -0.1) is 5.10 Å². The van der Waals surface area contributed by atoms with Crippen LogP contribution in [0.1, 0.15) is 13.8 Å². The van der Waals surface area contributed by atoms with E-state index in [1.54, 1.807) is 24.7 Å². The molecule has 1 aromatic heterocycles. The van der Waals surface area contributed by atoms with Crippen LogP contribution in [0.5, 0.6) is 0 Å². The topological polar surface area (TPSA) is 98.1 Å². The first-order valence-electron chi connectivity index (χ1n) is 8.01. The van der Waals surface area contributed by atoms with Crippen LogP contribution in [0, 0.1) is 0 Å². The predicted octanol–water partition coefficient (Wildman–Crippen LogP) is 1.46. The molecule has 0 radical (unpaired) electrons. The van der Waals surface area contributed by atoms with Crippen molar-refractivity contribution in [2.45, 2.75) is 26.4 Å². The standard InChI is InChI=1S/C17H19N5O3/c1-3-25-16(23)15-11(2)18-17(24)19-14(15)10-22-9-13(20-21-22)12-7-5-4-6-8-12/h4-9,11H,3,10H2,1-2H3,(H2,18,19,24). The lowest BCUT2D eigenvalue weighted by molar-refractivity contribution is -0.139. The molecule has 0 spiro atoms. The summed E-state index contributed by atoms with van der Waals surface area (Å²) >= 11 is 0. The molecule has 0 fully saturated rings. The number of esters is 1. The molecule has 3 rings (SSSR count). The molecule has 0 saturated carbocycles. The maximum Gasteiger partial charge on any atom is 0.337 e. The molecule has 130 valence electrons. The molecule has 0 aliphatic carbocycles. The Labute approximate surface area is 144 Å². The van der Waals surface area contributed by atoms with Crippen LogP contribution in [0.15, 0.2) is 47.8 Å². The molecular weight excluding hydrogens is 322 g/mol. The van der Waals surface area contributed by atoms with E-state index < -0.39 is 12.0 Å². The highest BCUT2D eigenvalue weighted by Gasteiger charge is 2.29. The summed E-state index contributed by atoms with van der Waals surface area (Å²) in [7, 11) is 0. The van der Waals surface area contributed by atoms with Crippen LogP contribution < -0.4 is 10.6 Å². The first-order valence-corrected chi connectivity index (χ1v) is 8.01. The van der Waals surface area contributed by atoms with Gasteiger partial charge in [0, 0.05) is 5.56 Å². The summed E-state index contributed by atoms with van der Waals surface area (Å²) in [4.78, 5) is 24.0. The summed E-state index contributed by atoms with van der Waals surface area (Å²) in [5, 5.41) is 13.6. The molecule has 2 heterocycles. The Hall–Kier alpha value is -3.16. The van der Waals surface area contributed by atoms with Gasteiger partial charge in [-0.2, -0.15) is 0 Å².